The van der Waals surface area contributed by atoms with Crippen LogP contribution >= 0.6 is 11.3 Å². The summed E-state index contributed by atoms with van der Waals surface area (Å²) in [6, 6.07) is 12.2. The molecule has 6 heteroatoms. The number of rotatable bonds is 6. The fraction of sp³-hybridized carbons (Fsp3) is 0.353. The van der Waals surface area contributed by atoms with Gasteiger partial charge in [0.2, 0.25) is 0 Å². The Kier molecular flexibility index (Phi) is 6.01. The molecule has 23 heavy (non-hydrogen) atoms. The van der Waals surface area contributed by atoms with Crippen LogP contribution in [0.5, 0.6) is 0 Å². The zero-order chi connectivity index (χ0) is 16.8. The van der Waals surface area contributed by atoms with Crippen molar-refractivity contribution in [1.82, 2.24) is 10.2 Å². The third kappa shape index (κ3) is 4.97. The molecule has 0 aliphatic rings. The van der Waals surface area contributed by atoms with Crippen LogP contribution in [0.25, 0.3) is 0 Å². The highest BCUT2D eigenvalue weighted by molar-refractivity contribution is 7.14. The molecule has 0 fully saturated rings. The molecule has 2 amide bonds. The van der Waals surface area contributed by atoms with Gasteiger partial charge in [-0.2, -0.15) is 0 Å². The molecule has 1 aromatic heterocycles. The van der Waals surface area contributed by atoms with Crippen molar-refractivity contribution < 1.29 is 4.79 Å². The Hall–Kier alpha value is -2.05. The number of carbonyl (C=O) groups is 1. The molecule has 0 saturated heterocycles. The summed E-state index contributed by atoms with van der Waals surface area (Å²) < 4.78 is 0. The summed E-state index contributed by atoms with van der Waals surface area (Å²) in [4.78, 5) is 16.1. The quantitative estimate of drug-likeness (QED) is 0.854. The lowest BCUT2D eigenvalue weighted by atomic mass is 10.1. The number of urea groups is 1. The topological polar surface area (TPSA) is 47.6 Å². The molecule has 0 aliphatic carbocycles. The predicted molar refractivity (Wildman–Crippen MR) is 98.5 cm³/mol. The first-order valence-electron chi connectivity index (χ1n) is 7.49. The van der Waals surface area contributed by atoms with E-state index in [1.165, 1.54) is 16.9 Å². The van der Waals surface area contributed by atoms with Gasteiger partial charge in [0.25, 0.3) is 0 Å². The summed E-state index contributed by atoms with van der Waals surface area (Å²) in [6.45, 7) is 0.547. The molecule has 1 atom stereocenters. The maximum Gasteiger partial charge on any atom is 0.319 e. The number of anilines is 2. The van der Waals surface area contributed by atoms with Crippen molar-refractivity contribution in [1.29, 1.82) is 0 Å². The lowest BCUT2D eigenvalue weighted by molar-refractivity contribution is 0.243. The van der Waals surface area contributed by atoms with Crippen molar-refractivity contribution in [2.45, 2.75) is 6.04 Å². The number of nitrogens with zero attached hydrogens (tertiary/aromatic N) is 2. The largest absolute Gasteiger partial charge is 0.378 e. The third-order valence-corrected chi connectivity index (χ3v) is 4.42. The Balaban J connectivity index is 1.97. The van der Waals surface area contributed by atoms with Crippen LogP contribution in [0.4, 0.5) is 15.5 Å². The maximum absolute atomic E-state index is 12.0. The summed E-state index contributed by atoms with van der Waals surface area (Å²) in [5.41, 5.74) is 2.34. The molecule has 0 aliphatic heterocycles. The van der Waals surface area contributed by atoms with E-state index < -0.39 is 0 Å². The fourth-order valence-electron chi connectivity index (χ4n) is 2.29. The van der Waals surface area contributed by atoms with Gasteiger partial charge in [0.15, 0.2) is 0 Å². The second kappa shape index (κ2) is 7.99. The van der Waals surface area contributed by atoms with Crippen molar-refractivity contribution in [3.63, 3.8) is 0 Å². The summed E-state index contributed by atoms with van der Waals surface area (Å²) in [5.74, 6) is 0. The number of likely N-dealkylation sites (N-methyl/N-ethyl adjacent to an activating group) is 1. The van der Waals surface area contributed by atoms with Gasteiger partial charge in [-0.25, -0.2) is 4.79 Å². The molecular formula is C17H24N4OS. The van der Waals surface area contributed by atoms with Crippen molar-refractivity contribution in [2.75, 3.05) is 45.0 Å². The van der Waals surface area contributed by atoms with Crippen LogP contribution in [0.2, 0.25) is 0 Å². The number of nitrogens with one attached hydrogen (secondary N) is 2. The van der Waals surface area contributed by atoms with E-state index in [0.29, 0.717) is 6.54 Å². The van der Waals surface area contributed by atoms with Gasteiger partial charge in [-0.15, -0.1) is 11.3 Å². The lowest BCUT2D eigenvalue weighted by Crippen LogP contribution is -2.36. The standard InChI is InChI=1S/C17H24N4OS/c1-20(2)14-9-7-13(8-10-14)15(21(3)4)12-18-17(22)19-16-6-5-11-23-16/h5-11,15H,12H2,1-4H3,(H2,18,19,22)/t15-/m0/s1. The van der Waals surface area contributed by atoms with E-state index in [0.717, 1.165) is 10.7 Å². The molecule has 0 bridgehead atoms. The smallest absolute Gasteiger partial charge is 0.319 e. The Bertz CT molecular complexity index is 608. The zero-order valence-corrected chi connectivity index (χ0v) is 14.9. The molecule has 0 radical (unpaired) electrons. The predicted octanol–water partition coefficient (Wildman–Crippen LogP) is 3.24. The molecule has 2 aromatic rings. The fourth-order valence-corrected chi connectivity index (χ4v) is 2.90. The van der Waals surface area contributed by atoms with Crippen LogP contribution in [-0.2, 0) is 0 Å². The first-order chi connectivity index (χ1) is 11.0. The molecule has 0 spiro atoms. The molecule has 1 heterocycles. The maximum atomic E-state index is 12.0. The van der Waals surface area contributed by atoms with Gasteiger partial charge in [-0.1, -0.05) is 12.1 Å². The second-order valence-electron chi connectivity index (χ2n) is 5.78. The van der Waals surface area contributed by atoms with Crippen LogP contribution in [0, 0.1) is 0 Å². The van der Waals surface area contributed by atoms with Crippen molar-refractivity contribution in [3.8, 4) is 0 Å². The van der Waals surface area contributed by atoms with Crippen LogP contribution < -0.4 is 15.5 Å². The number of hydrogen-bond donors (Lipinski definition) is 2. The van der Waals surface area contributed by atoms with Crippen molar-refractivity contribution in [3.05, 3.63) is 47.3 Å². The molecular weight excluding hydrogens is 308 g/mol. The Morgan fingerprint density at radius 3 is 2.35 bits per heavy atom. The Morgan fingerprint density at radius 1 is 1.13 bits per heavy atom. The van der Waals surface area contributed by atoms with Crippen LogP contribution in [-0.4, -0.2) is 45.7 Å². The third-order valence-electron chi connectivity index (χ3n) is 3.63. The number of thiophene rings is 1. The van der Waals surface area contributed by atoms with E-state index in [1.54, 1.807) is 0 Å². The van der Waals surface area contributed by atoms with Crippen LogP contribution in [0.3, 0.4) is 0 Å². The highest BCUT2D eigenvalue weighted by Crippen LogP contribution is 2.21. The van der Waals surface area contributed by atoms with E-state index in [4.69, 9.17) is 0 Å². The average Bonchev–Trinajstić information content (AvgIpc) is 3.00. The summed E-state index contributed by atoms with van der Waals surface area (Å²) in [7, 11) is 8.08. The Morgan fingerprint density at radius 2 is 1.83 bits per heavy atom. The van der Waals surface area contributed by atoms with E-state index >= 15 is 0 Å². The molecule has 2 N–H and O–H groups in total. The molecule has 0 saturated carbocycles. The first-order valence-corrected chi connectivity index (χ1v) is 8.37. The van der Waals surface area contributed by atoms with Gasteiger partial charge in [-0.05, 0) is 49.3 Å². The second-order valence-corrected chi connectivity index (χ2v) is 6.73. The monoisotopic (exact) mass is 332 g/mol. The van der Waals surface area contributed by atoms with Crippen LogP contribution in [0.1, 0.15) is 11.6 Å². The number of benzene rings is 1. The zero-order valence-electron chi connectivity index (χ0n) is 14.0. The number of hydrogen-bond acceptors (Lipinski definition) is 4. The molecule has 0 unspecified atom stereocenters. The van der Waals surface area contributed by atoms with Gasteiger partial charge in [0, 0.05) is 26.3 Å². The van der Waals surface area contributed by atoms with Crippen molar-refractivity contribution in [2.24, 2.45) is 0 Å². The van der Waals surface area contributed by atoms with Gasteiger partial charge in [0.1, 0.15) is 0 Å². The van der Waals surface area contributed by atoms with Gasteiger partial charge in [-0.3, -0.25) is 5.32 Å². The van der Waals surface area contributed by atoms with Gasteiger partial charge < -0.3 is 15.1 Å². The van der Waals surface area contributed by atoms with E-state index in [9.17, 15) is 4.79 Å². The molecule has 124 valence electrons. The minimum Gasteiger partial charge on any atom is -0.378 e. The van der Waals surface area contributed by atoms with Crippen LogP contribution in [0.15, 0.2) is 41.8 Å². The van der Waals surface area contributed by atoms with Crippen molar-refractivity contribution >= 4 is 28.1 Å². The molecule has 1 aromatic carbocycles. The highest BCUT2D eigenvalue weighted by Gasteiger charge is 2.15. The van der Waals surface area contributed by atoms with Gasteiger partial charge >= 0.3 is 6.03 Å². The van der Waals surface area contributed by atoms with E-state index in [2.05, 4.69) is 44.7 Å². The van der Waals surface area contributed by atoms with E-state index in [-0.39, 0.29) is 12.1 Å². The summed E-state index contributed by atoms with van der Waals surface area (Å²) in [6.07, 6.45) is 0. The van der Waals surface area contributed by atoms with Gasteiger partial charge in [0.05, 0.1) is 11.0 Å². The minimum absolute atomic E-state index is 0.125. The molecule has 2 rings (SSSR count). The average molecular weight is 332 g/mol. The Labute approximate surface area is 141 Å². The minimum atomic E-state index is -0.177. The lowest BCUT2D eigenvalue weighted by Gasteiger charge is -2.25. The van der Waals surface area contributed by atoms with E-state index in [1.807, 2.05) is 45.7 Å². The normalized spacial score (nSPS) is 12.0. The SMILES string of the molecule is CN(C)c1ccc([C@H](CNC(=O)Nc2cccs2)N(C)C)cc1. The summed E-state index contributed by atoms with van der Waals surface area (Å²) in [5, 5.41) is 8.56. The molecule has 5 nitrogen and oxygen atoms in total. The first kappa shape index (κ1) is 17.3. The number of carbonyl (C=O) groups excluding carboxylic acids is 1. The summed E-state index contributed by atoms with van der Waals surface area (Å²) >= 11 is 1.51. The highest BCUT2D eigenvalue weighted by atomic mass is 32.1. The number of amides is 2.